The van der Waals surface area contributed by atoms with E-state index in [1.165, 1.54) is 44.2 Å². The van der Waals surface area contributed by atoms with Gasteiger partial charge in [0.1, 0.15) is 11.6 Å². The minimum Gasteiger partial charge on any atom is -0.207 e. The number of hydrogen-bond donors (Lipinski definition) is 0. The van der Waals surface area contributed by atoms with Crippen molar-refractivity contribution < 1.29 is 8.78 Å². The minimum absolute atomic E-state index is 0.259. The van der Waals surface area contributed by atoms with Crippen LogP contribution in [0.3, 0.4) is 0 Å². The second-order valence-electron chi connectivity index (χ2n) is 7.70. The average Bonchev–Trinajstić information content (AvgIpc) is 2.62. The summed E-state index contributed by atoms with van der Waals surface area (Å²) in [6.45, 7) is 4.59. The van der Waals surface area contributed by atoms with Gasteiger partial charge in [-0.1, -0.05) is 57.4 Å². The smallest absolute Gasteiger partial charge is 0.131 e. The lowest BCUT2D eigenvalue weighted by Gasteiger charge is -2.32. The zero-order valence-corrected chi connectivity index (χ0v) is 15.3. The van der Waals surface area contributed by atoms with Crippen LogP contribution in [0.2, 0.25) is 0 Å². The fourth-order valence-electron chi connectivity index (χ4n) is 4.28. The first kappa shape index (κ1) is 18.1. The molecule has 0 bridgehead atoms. The molecule has 0 nitrogen and oxygen atoms in total. The van der Waals surface area contributed by atoms with Gasteiger partial charge in [0.15, 0.2) is 0 Å². The van der Waals surface area contributed by atoms with Crippen LogP contribution in [0.1, 0.15) is 51.5 Å². The molecule has 1 unspecified atom stereocenters. The van der Waals surface area contributed by atoms with E-state index in [4.69, 9.17) is 0 Å². The summed E-state index contributed by atoms with van der Waals surface area (Å²) >= 11 is 0. The SMILES string of the molecule is CCC1CCC(C(C)Cc2ccc(-c3cccc(F)c3)c(F)c2)CC1. The number of halogens is 2. The quantitative estimate of drug-likeness (QED) is 0.547. The molecule has 0 aromatic heterocycles. The maximum atomic E-state index is 14.5. The molecule has 1 aliphatic rings. The van der Waals surface area contributed by atoms with Crippen molar-refractivity contribution in [1.82, 2.24) is 0 Å². The third-order valence-corrected chi connectivity index (χ3v) is 6.00. The van der Waals surface area contributed by atoms with Crippen LogP contribution in [-0.4, -0.2) is 0 Å². The Labute approximate surface area is 150 Å². The van der Waals surface area contributed by atoms with Crippen LogP contribution in [0.15, 0.2) is 42.5 Å². The summed E-state index contributed by atoms with van der Waals surface area (Å²) in [6.07, 6.45) is 7.53. The fraction of sp³-hybridized carbons (Fsp3) is 0.478. The molecular weight excluding hydrogens is 314 g/mol. The lowest BCUT2D eigenvalue weighted by Crippen LogP contribution is -2.21. The zero-order chi connectivity index (χ0) is 17.8. The summed E-state index contributed by atoms with van der Waals surface area (Å²) in [6, 6.07) is 11.5. The van der Waals surface area contributed by atoms with Crippen LogP contribution >= 0.6 is 0 Å². The molecule has 3 rings (SSSR count). The topological polar surface area (TPSA) is 0 Å². The van der Waals surface area contributed by atoms with Crippen LogP contribution in [0.4, 0.5) is 8.78 Å². The van der Waals surface area contributed by atoms with Crippen molar-refractivity contribution in [2.45, 2.75) is 52.4 Å². The van der Waals surface area contributed by atoms with Crippen LogP contribution in [0.5, 0.6) is 0 Å². The third kappa shape index (κ3) is 4.48. The monoisotopic (exact) mass is 342 g/mol. The third-order valence-electron chi connectivity index (χ3n) is 6.00. The molecule has 2 aromatic carbocycles. The molecule has 1 atom stereocenters. The number of hydrogen-bond acceptors (Lipinski definition) is 0. The van der Waals surface area contributed by atoms with E-state index in [9.17, 15) is 8.78 Å². The Bertz CT molecular complexity index is 699. The van der Waals surface area contributed by atoms with E-state index >= 15 is 0 Å². The van der Waals surface area contributed by atoms with Crippen LogP contribution in [-0.2, 0) is 6.42 Å². The molecule has 0 amide bonds. The first-order valence-electron chi connectivity index (χ1n) is 9.61. The molecule has 1 fully saturated rings. The maximum absolute atomic E-state index is 14.5. The molecule has 1 aliphatic carbocycles. The van der Waals surface area contributed by atoms with Crippen molar-refractivity contribution in [1.29, 1.82) is 0 Å². The van der Waals surface area contributed by atoms with Crippen LogP contribution in [0, 0.1) is 29.4 Å². The number of benzene rings is 2. The van der Waals surface area contributed by atoms with Crippen molar-refractivity contribution in [2.75, 3.05) is 0 Å². The van der Waals surface area contributed by atoms with E-state index in [-0.39, 0.29) is 11.6 Å². The summed E-state index contributed by atoms with van der Waals surface area (Å²) in [4.78, 5) is 0. The lowest BCUT2D eigenvalue weighted by molar-refractivity contribution is 0.210. The molecule has 0 saturated heterocycles. The van der Waals surface area contributed by atoms with Gasteiger partial charge >= 0.3 is 0 Å². The largest absolute Gasteiger partial charge is 0.207 e. The predicted octanol–water partition coefficient (Wildman–Crippen LogP) is 7.03. The van der Waals surface area contributed by atoms with Gasteiger partial charge in [0.25, 0.3) is 0 Å². The summed E-state index contributed by atoms with van der Waals surface area (Å²) in [5.41, 5.74) is 2.11. The molecule has 1 saturated carbocycles. The van der Waals surface area contributed by atoms with Gasteiger partial charge in [-0.15, -0.1) is 0 Å². The van der Waals surface area contributed by atoms with Gasteiger partial charge in [0.2, 0.25) is 0 Å². The molecule has 0 heterocycles. The van der Waals surface area contributed by atoms with Crippen LogP contribution < -0.4 is 0 Å². The van der Waals surface area contributed by atoms with Crippen molar-refractivity contribution in [3.63, 3.8) is 0 Å². The van der Waals surface area contributed by atoms with E-state index in [0.717, 1.165) is 23.8 Å². The highest BCUT2D eigenvalue weighted by molar-refractivity contribution is 5.64. The van der Waals surface area contributed by atoms with E-state index in [0.29, 0.717) is 17.0 Å². The molecule has 0 aliphatic heterocycles. The van der Waals surface area contributed by atoms with Gasteiger partial charge in [0.05, 0.1) is 0 Å². The van der Waals surface area contributed by atoms with Gasteiger partial charge in [0, 0.05) is 5.56 Å². The fourth-order valence-corrected chi connectivity index (χ4v) is 4.28. The van der Waals surface area contributed by atoms with E-state index in [1.54, 1.807) is 24.3 Å². The average molecular weight is 342 g/mol. The minimum atomic E-state index is -0.336. The molecule has 0 radical (unpaired) electrons. The van der Waals surface area contributed by atoms with E-state index in [1.807, 2.05) is 6.07 Å². The molecule has 0 spiro atoms. The molecule has 2 heteroatoms. The Kier molecular flexibility index (Phi) is 5.88. The maximum Gasteiger partial charge on any atom is 0.131 e. The standard InChI is InChI=1S/C23H28F2/c1-3-17-7-10-19(11-8-17)16(2)13-18-9-12-22(23(25)14-18)20-5-4-6-21(24)15-20/h4-6,9,12,14-17,19H,3,7-8,10-11,13H2,1-2H3. The molecule has 0 N–H and O–H groups in total. The molecular formula is C23H28F2. The Morgan fingerprint density at radius 2 is 1.76 bits per heavy atom. The Morgan fingerprint density at radius 1 is 1.00 bits per heavy atom. The molecule has 2 aromatic rings. The van der Waals surface area contributed by atoms with Crippen LogP contribution in [0.25, 0.3) is 11.1 Å². The summed E-state index contributed by atoms with van der Waals surface area (Å²) in [5, 5.41) is 0. The lowest BCUT2D eigenvalue weighted by atomic mass is 9.74. The Balaban J connectivity index is 1.67. The first-order chi connectivity index (χ1) is 12.1. The van der Waals surface area contributed by atoms with Gasteiger partial charge < -0.3 is 0 Å². The van der Waals surface area contributed by atoms with E-state index in [2.05, 4.69) is 13.8 Å². The second-order valence-corrected chi connectivity index (χ2v) is 7.70. The second kappa shape index (κ2) is 8.12. The highest BCUT2D eigenvalue weighted by Gasteiger charge is 2.24. The van der Waals surface area contributed by atoms with Gasteiger partial charge in [-0.05, 0) is 66.3 Å². The highest BCUT2D eigenvalue weighted by Crippen LogP contribution is 2.36. The zero-order valence-electron chi connectivity index (χ0n) is 15.3. The van der Waals surface area contributed by atoms with Crippen molar-refractivity contribution in [3.8, 4) is 11.1 Å². The van der Waals surface area contributed by atoms with Gasteiger partial charge in [-0.3, -0.25) is 0 Å². The van der Waals surface area contributed by atoms with Crippen molar-refractivity contribution >= 4 is 0 Å². The van der Waals surface area contributed by atoms with E-state index < -0.39 is 0 Å². The Hall–Kier alpha value is -1.70. The van der Waals surface area contributed by atoms with Crippen molar-refractivity contribution in [2.24, 2.45) is 17.8 Å². The van der Waals surface area contributed by atoms with Crippen molar-refractivity contribution in [3.05, 3.63) is 59.7 Å². The summed E-state index contributed by atoms with van der Waals surface area (Å²) in [7, 11) is 0. The van der Waals surface area contributed by atoms with Gasteiger partial charge in [-0.25, -0.2) is 8.78 Å². The molecule has 134 valence electrons. The summed E-state index contributed by atoms with van der Waals surface area (Å²) in [5.74, 6) is 1.65. The highest BCUT2D eigenvalue weighted by atomic mass is 19.1. The normalized spacial score (nSPS) is 21.9. The summed E-state index contributed by atoms with van der Waals surface area (Å²) < 4.78 is 27.9. The Morgan fingerprint density at radius 3 is 2.40 bits per heavy atom. The molecule has 25 heavy (non-hydrogen) atoms. The number of rotatable bonds is 5. The van der Waals surface area contributed by atoms with Gasteiger partial charge in [-0.2, -0.15) is 0 Å². The first-order valence-corrected chi connectivity index (χ1v) is 9.61. The predicted molar refractivity (Wildman–Crippen MR) is 100 cm³/mol.